The molecular formula is C18H25ClN4O4. The van der Waals surface area contributed by atoms with Crippen molar-refractivity contribution in [2.45, 2.75) is 37.6 Å². The van der Waals surface area contributed by atoms with E-state index in [-0.39, 0.29) is 29.9 Å². The summed E-state index contributed by atoms with van der Waals surface area (Å²) in [5.41, 5.74) is 5.95. The number of hydrogen-bond donors (Lipinski definition) is 1. The van der Waals surface area contributed by atoms with E-state index in [4.69, 9.17) is 5.73 Å². The third-order valence-electron chi connectivity index (χ3n) is 5.35. The largest absolute Gasteiger partial charge is 0.338 e. The molecule has 1 aromatic rings. The molecule has 2 fully saturated rings. The predicted octanol–water partition coefficient (Wildman–Crippen LogP) is 1.96. The number of carbonyl (C=O) groups excluding carboxylic acids is 2. The van der Waals surface area contributed by atoms with Gasteiger partial charge in [-0.15, -0.1) is 12.4 Å². The van der Waals surface area contributed by atoms with Crippen molar-refractivity contribution in [1.29, 1.82) is 0 Å². The molecule has 2 amide bonds. The molecule has 27 heavy (non-hydrogen) atoms. The van der Waals surface area contributed by atoms with Gasteiger partial charge in [0.25, 0.3) is 11.6 Å². The number of nitrogens with two attached hydrogens (primary N) is 1. The summed E-state index contributed by atoms with van der Waals surface area (Å²) in [6, 6.07) is 5.59. The Morgan fingerprint density at radius 2 is 1.48 bits per heavy atom. The van der Waals surface area contributed by atoms with E-state index >= 15 is 0 Å². The number of nitro groups is 1. The van der Waals surface area contributed by atoms with Gasteiger partial charge in [-0.3, -0.25) is 19.7 Å². The van der Waals surface area contributed by atoms with Gasteiger partial charge in [-0.05, 0) is 25.0 Å². The van der Waals surface area contributed by atoms with Gasteiger partial charge >= 0.3 is 0 Å². The lowest BCUT2D eigenvalue weighted by Crippen LogP contribution is -2.60. The van der Waals surface area contributed by atoms with Crippen LogP contribution in [-0.2, 0) is 4.79 Å². The van der Waals surface area contributed by atoms with Crippen molar-refractivity contribution in [2.75, 3.05) is 26.2 Å². The van der Waals surface area contributed by atoms with Gasteiger partial charge in [0.2, 0.25) is 5.91 Å². The summed E-state index contributed by atoms with van der Waals surface area (Å²) < 4.78 is 0. The molecule has 2 aliphatic rings. The van der Waals surface area contributed by atoms with Crippen LogP contribution in [0.15, 0.2) is 24.3 Å². The highest BCUT2D eigenvalue weighted by Gasteiger charge is 2.39. The topological polar surface area (TPSA) is 110 Å². The molecule has 9 heteroatoms. The molecule has 1 heterocycles. The quantitative estimate of drug-likeness (QED) is 0.620. The van der Waals surface area contributed by atoms with Crippen molar-refractivity contribution < 1.29 is 14.5 Å². The van der Waals surface area contributed by atoms with E-state index in [1.165, 1.54) is 24.3 Å². The van der Waals surface area contributed by atoms with E-state index in [0.717, 1.165) is 32.1 Å². The van der Waals surface area contributed by atoms with E-state index in [1.807, 2.05) is 0 Å². The highest BCUT2D eigenvalue weighted by atomic mass is 35.5. The van der Waals surface area contributed by atoms with Gasteiger partial charge in [-0.25, -0.2) is 0 Å². The number of non-ortho nitro benzene ring substituents is 1. The maximum absolute atomic E-state index is 12.8. The molecule has 2 N–H and O–H groups in total. The lowest BCUT2D eigenvalue weighted by Gasteiger charge is -2.41. The van der Waals surface area contributed by atoms with Crippen LogP contribution in [0.5, 0.6) is 0 Å². The normalized spacial score (nSPS) is 19.1. The molecule has 0 radical (unpaired) electrons. The summed E-state index contributed by atoms with van der Waals surface area (Å²) in [7, 11) is 0. The zero-order valence-corrected chi connectivity index (χ0v) is 16.0. The summed E-state index contributed by atoms with van der Waals surface area (Å²) in [6.07, 6.45) is 4.56. The van der Waals surface area contributed by atoms with Gasteiger partial charge in [0.05, 0.1) is 10.5 Å². The second kappa shape index (κ2) is 8.67. The molecule has 1 aromatic carbocycles. The average Bonchev–Trinajstić information content (AvgIpc) is 2.67. The lowest BCUT2D eigenvalue weighted by molar-refractivity contribution is -0.384. The minimum atomic E-state index is -0.747. The first-order chi connectivity index (χ1) is 12.4. The maximum Gasteiger partial charge on any atom is 0.269 e. The van der Waals surface area contributed by atoms with Crippen molar-refractivity contribution in [1.82, 2.24) is 9.80 Å². The minimum Gasteiger partial charge on any atom is -0.338 e. The third-order valence-corrected chi connectivity index (χ3v) is 5.35. The second-order valence-corrected chi connectivity index (χ2v) is 7.11. The smallest absolute Gasteiger partial charge is 0.269 e. The number of halogens is 1. The Kier molecular flexibility index (Phi) is 6.78. The van der Waals surface area contributed by atoms with Crippen LogP contribution < -0.4 is 5.73 Å². The SMILES string of the molecule is Cl.NC1(C(=O)N2CCN(C(=O)c3ccc([N+](=O)[O-])cc3)CC2)CCCCC1. The summed E-state index contributed by atoms with van der Waals surface area (Å²) in [5.74, 6) is -0.174. The zero-order chi connectivity index (χ0) is 18.7. The van der Waals surface area contributed by atoms with E-state index in [2.05, 4.69) is 0 Å². The van der Waals surface area contributed by atoms with Crippen LogP contribution in [0, 0.1) is 10.1 Å². The number of nitro benzene ring substituents is 1. The van der Waals surface area contributed by atoms with Crippen LogP contribution in [0.2, 0.25) is 0 Å². The molecule has 1 saturated carbocycles. The lowest BCUT2D eigenvalue weighted by atomic mass is 9.81. The van der Waals surface area contributed by atoms with Crippen molar-refractivity contribution in [2.24, 2.45) is 5.73 Å². The van der Waals surface area contributed by atoms with E-state index < -0.39 is 10.5 Å². The highest BCUT2D eigenvalue weighted by Crippen LogP contribution is 2.28. The Hall–Kier alpha value is -2.19. The van der Waals surface area contributed by atoms with Crippen LogP contribution in [0.1, 0.15) is 42.5 Å². The Balaban J connectivity index is 0.00000261. The molecule has 0 bridgehead atoms. The number of amides is 2. The molecule has 1 saturated heterocycles. The number of benzene rings is 1. The van der Waals surface area contributed by atoms with Crippen molar-refractivity contribution in [3.8, 4) is 0 Å². The fourth-order valence-electron chi connectivity index (χ4n) is 3.73. The highest BCUT2D eigenvalue weighted by molar-refractivity contribution is 5.94. The van der Waals surface area contributed by atoms with Crippen molar-refractivity contribution in [3.63, 3.8) is 0 Å². The number of piperazine rings is 1. The standard InChI is InChI=1S/C18H24N4O4.ClH/c19-18(8-2-1-3-9-18)17(24)21-12-10-20(11-13-21)16(23)14-4-6-15(7-5-14)22(25)26;/h4-7H,1-3,8-13,19H2;1H. The predicted molar refractivity (Wildman–Crippen MR) is 103 cm³/mol. The fraction of sp³-hybridized carbons (Fsp3) is 0.556. The van der Waals surface area contributed by atoms with E-state index in [9.17, 15) is 19.7 Å². The number of nitrogens with zero attached hydrogens (tertiary/aromatic N) is 3. The molecule has 1 aliphatic carbocycles. The summed E-state index contributed by atoms with van der Waals surface area (Å²) in [5, 5.41) is 10.7. The number of carbonyl (C=O) groups is 2. The third kappa shape index (κ3) is 4.56. The molecule has 148 valence electrons. The first-order valence-electron chi connectivity index (χ1n) is 9.03. The Morgan fingerprint density at radius 1 is 0.963 bits per heavy atom. The van der Waals surface area contributed by atoms with E-state index in [1.54, 1.807) is 9.80 Å². The second-order valence-electron chi connectivity index (χ2n) is 7.11. The molecule has 3 rings (SSSR count). The monoisotopic (exact) mass is 396 g/mol. The van der Waals surface area contributed by atoms with Crippen LogP contribution in [0.25, 0.3) is 0 Å². The minimum absolute atomic E-state index is 0. The Morgan fingerprint density at radius 3 is 2.00 bits per heavy atom. The van der Waals surface area contributed by atoms with Crippen LogP contribution in [-0.4, -0.2) is 58.3 Å². The van der Waals surface area contributed by atoms with Gasteiger partial charge < -0.3 is 15.5 Å². The summed E-state index contributed by atoms with van der Waals surface area (Å²) in [4.78, 5) is 39.0. The van der Waals surface area contributed by atoms with E-state index in [0.29, 0.717) is 31.7 Å². The molecule has 0 aromatic heterocycles. The fourth-order valence-corrected chi connectivity index (χ4v) is 3.73. The average molecular weight is 397 g/mol. The maximum atomic E-state index is 12.8. The Bertz CT molecular complexity index is 696. The van der Waals surface area contributed by atoms with Gasteiger partial charge in [0.15, 0.2) is 0 Å². The van der Waals surface area contributed by atoms with Gasteiger partial charge in [-0.1, -0.05) is 19.3 Å². The van der Waals surface area contributed by atoms with Crippen molar-refractivity contribution >= 4 is 29.9 Å². The van der Waals surface area contributed by atoms with Crippen molar-refractivity contribution in [3.05, 3.63) is 39.9 Å². The summed E-state index contributed by atoms with van der Waals surface area (Å²) >= 11 is 0. The molecular weight excluding hydrogens is 372 g/mol. The molecule has 0 unspecified atom stereocenters. The number of hydrogen-bond acceptors (Lipinski definition) is 5. The summed E-state index contributed by atoms with van der Waals surface area (Å²) in [6.45, 7) is 1.82. The molecule has 1 aliphatic heterocycles. The molecule has 0 atom stereocenters. The van der Waals surface area contributed by atoms with Gasteiger partial charge in [-0.2, -0.15) is 0 Å². The van der Waals surface area contributed by atoms with Crippen LogP contribution >= 0.6 is 12.4 Å². The zero-order valence-electron chi connectivity index (χ0n) is 15.1. The molecule has 8 nitrogen and oxygen atoms in total. The first kappa shape index (κ1) is 21.1. The van der Waals surface area contributed by atoms with Gasteiger partial charge in [0.1, 0.15) is 0 Å². The Labute approximate surface area is 164 Å². The molecule has 0 spiro atoms. The van der Waals surface area contributed by atoms with Crippen LogP contribution in [0.4, 0.5) is 5.69 Å². The first-order valence-corrected chi connectivity index (χ1v) is 9.03. The van der Waals surface area contributed by atoms with Gasteiger partial charge in [0, 0.05) is 43.9 Å². The number of rotatable bonds is 3. The van der Waals surface area contributed by atoms with Crippen LogP contribution in [0.3, 0.4) is 0 Å².